The molecule has 4 N–H and O–H groups in total. The molecule has 0 aliphatic heterocycles. The molecule has 1 aromatic carbocycles. The minimum atomic E-state index is -0.560. The van der Waals surface area contributed by atoms with Crippen molar-refractivity contribution in [2.75, 3.05) is 19.7 Å². The predicted molar refractivity (Wildman–Crippen MR) is 78.1 cm³/mol. The highest BCUT2D eigenvalue weighted by molar-refractivity contribution is 5.73. The first kappa shape index (κ1) is 16.6. The monoisotopic (exact) mass is 280 g/mol. The topological polar surface area (TPSA) is 84.6 Å². The average molecular weight is 280 g/mol. The Hall–Kier alpha value is -1.43. The van der Waals surface area contributed by atoms with E-state index in [4.69, 9.17) is 10.5 Å². The molecule has 0 saturated carbocycles. The summed E-state index contributed by atoms with van der Waals surface area (Å²) in [5.74, 6) is -0.299. The third-order valence-corrected chi connectivity index (χ3v) is 2.96. The Balaban J connectivity index is 2.10. The fourth-order valence-corrected chi connectivity index (χ4v) is 1.79. The number of amides is 1. The zero-order chi connectivity index (χ0) is 14.8. The predicted octanol–water partition coefficient (Wildman–Crippen LogP) is 0.980. The number of nitrogens with one attached hydrogen (secondary N) is 1. The highest BCUT2D eigenvalue weighted by atomic mass is 16.5. The molecule has 1 aromatic rings. The molecule has 0 bridgehead atoms. The second kappa shape index (κ2) is 9.47. The van der Waals surface area contributed by atoms with Gasteiger partial charge in [0, 0.05) is 13.0 Å². The molecule has 5 nitrogen and oxygen atoms in total. The number of ether oxygens (including phenoxy) is 1. The fraction of sp³-hybridized carbons (Fsp3) is 0.533. The Morgan fingerprint density at radius 2 is 2.10 bits per heavy atom. The maximum absolute atomic E-state index is 10.5. The van der Waals surface area contributed by atoms with E-state index < -0.39 is 6.10 Å². The van der Waals surface area contributed by atoms with Crippen LogP contribution < -0.4 is 11.1 Å². The highest BCUT2D eigenvalue weighted by Gasteiger charge is 2.09. The number of hydrogen-bond acceptors (Lipinski definition) is 4. The van der Waals surface area contributed by atoms with Crippen LogP contribution in [0.5, 0.6) is 0 Å². The first-order valence-electron chi connectivity index (χ1n) is 6.93. The number of carbonyl (C=O) groups is 1. The number of aliphatic hydroxyl groups is 1. The van der Waals surface area contributed by atoms with Gasteiger partial charge in [-0.2, -0.15) is 0 Å². The van der Waals surface area contributed by atoms with Crippen LogP contribution in [0.1, 0.15) is 31.4 Å². The molecule has 2 atom stereocenters. The summed E-state index contributed by atoms with van der Waals surface area (Å²) >= 11 is 0. The van der Waals surface area contributed by atoms with E-state index in [0.717, 1.165) is 5.56 Å². The van der Waals surface area contributed by atoms with E-state index in [1.54, 1.807) is 0 Å². The van der Waals surface area contributed by atoms with E-state index >= 15 is 0 Å². The normalized spacial score (nSPS) is 13.9. The minimum Gasteiger partial charge on any atom is -0.389 e. The number of nitrogens with two attached hydrogens (primary N) is 1. The van der Waals surface area contributed by atoms with Crippen molar-refractivity contribution in [3.63, 3.8) is 0 Å². The maximum atomic E-state index is 10.5. The zero-order valence-corrected chi connectivity index (χ0v) is 11.9. The van der Waals surface area contributed by atoms with Gasteiger partial charge in [-0.1, -0.05) is 30.3 Å². The van der Waals surface area contributed by atoms with Crippen LogP contribution in [0.25, 0.3) is 0 Å². The molecular formula is C15H24N2O3. The van der Waals surface area contributed by atoms with Crippen molar-refractivity contribution in [1.82, 2.24) is 5.32 Å². The van der Waals surface area contributed by atoms with Crippen molar-refractivity contribution in [3.05, 3.63) is 35.9 Å². The minimum absolute atomic E-state index is 0.0410. The number of aliphatic hydroxyl groups excluding tert-OH is 1. The summed E-state index contributed by atoms with van der Waals surface area (Å²) in [6.45, 7) is 3.34. The summed E-state index contributed by atoms with van der Waals surface area (Å²) in [7, 11) is 0. The van der Waals surface area contributed by atoms with Crippen LogP contribution in [-0.2, 0) is 9.53 Å². The van der Waals surface area contributed by atoms with Crippen LogP contribution in [0.2, 0.25) is 0 Å². The molecule has 0 radical (unpaired) electrons. The summed E-state index contributed by atoms with van der Waals surface area (Å²) in [5, 5.41) is 12.8. The molecule has 1 amide bonds. The lowest BCUT2D eigenvalue weighted by atomic mass is 10.1. The molecule has 0 fully saturated rings. The van der Waals surface area contributed by atoms with Gasteiger partial charge in [0.2, 0.25) is 5.91 Å². The number of hydrogen-bond donors (Lipinski definition) is 3. The molecule has 20 heavy (non-hydrogen) atoms. The largest absolute Gasteiger partial charge is 0.389 e. The van der Waals surface area contributed by atoms with Crippen LogP contribution in [0.15, 0.2) is 30.3 Å². The maximum Gasteiger partial charge on any atom is 0.217 e. The van der Waals surface area contributed by atoms with Gasteiger partial charge in [0.05, 0.1) is 18.8 Å². The van der Waals surface area contributed by atoms with E-state index in [1.165, 1.54) is 0 Å². The van der Waals surface area contributed by atoms with Crippen molar-refractivity contribution in [3.8, 4) is 0 Å². The van der Waals surface area contributed by atoms with Gasteiger partial charge in [0.25, 0.3) is 0 Å². The van der Waals surface area contributed by atoms with Gasteiger partial charge >= 0.3 is 0 Å². The Morgan fingerprint density at radius 1 is 1.40 bits per heavy atom. The third kappa shape index (κ3) is 7.23. The molecule has 5 heteroatoms. The molecule has 0 spiro atoms. The van der Waals surface area contributed by atoms with E-state index in [-0.39, 0.29) is 18.6 Å². The van der Waals surface area contributed by atoms with Crippen molar-refractivity contribution < 1.29 is 14.6 Å². The Bertz CT molecular complexity index is 384. The first-order chi connectivity index (χ1) is 9.59. The third-order valence-electron chi connectivity index (χ3n) is 2.96. The highest BCUT2D eigenvalue weighted by Crippen LogP contribution is 2.15. The van der Waals surface area contributed by atoms with E-state index in [0.29, 0.717) is 25.9 Å². The van der Waals surface area contributed by atoms with Crippen LogP contribution >= 0.6 is 0 Å². The Kier molecular flexibility index (Phi) is 7.87. The summed E-state index contributed by atoms with van der Waals surface area (Å²) in [4.78, 5) is 10.5. The number of primary amides is 1. The van der Waals surface area contributed by atoms with Gasteiger partial charge in [-0.15, -0.1) is 0 Å². The molecule has 0 aromatic heterocycles. The number of carbonyl (C=O) groups excluding carboxylic acids is 1. The van der Waals surface area contributed by atoms with Crippen molar-refractivity contribution in [1.29, 1.82) is 0 Å². The van der Waals surface area contributed by atoms with Gasteiger partial charge < -0.3 is 20.9 Å². The van der Waals surface area contributed by atoms with E-state index in [2.05, 4.69) is 5.32 Å². The summed E-state index contributed by atoms with van der Waals surface area (Å²) in [5.41, 5.74) is 6.13. The van der Waals surface area contributed by atoms with Gasteiger partial charge in [-0.3, -0.25) is 4.79 Å². The van der Waals surface area contributed by atoms with Crippen LogP contribution in [0.4, 0.5) is 0 Å². The van der Waals surface area contributed by atoms with Crippen molar-refractivity contribution >= 4 is 5.91 Å². The molecule has 1 rings (SSSR count). The smallest absolute Gasteiger partial charge is 0.217 e. The molecule has 0 aliphatic rings. The molecular weight excluding hydrogens is 256 g/mol. The summed E-state index contributed by atoms with van der Waals surface area (Å²) in [6.07, 6.45) is 0.448. The van der Waals surface area contributed by atoms with Crippen LogP contribution in [0, 0.1) is 0 Å². The Morgan fingerprint density at radius 3 is 2.75 bits per heavy atom. The SMILES string of the molecule is CC(OCC(O)CNCCCC(N)=O)c1ccccc1. The van der Waals surface area contributed by atoms with Gasteiger partial charge in [-0.05, 0) is 25.5 Å². The molecule has 0 heterocycles. The van der Waals surface area contributed by atoms with Crippen molar-refractivity contribution in [2.45, 2.75) is 32.0 Å². The standard InChI is InChI=1S/C15H24N2O3/c1-12(13-6-3-2-4-7-13)20-11-14(18)10-17-9-5-8-15(16)19/h2-4,6-7,12,14,17-18H,5,8-11H2,1H3,(H2,16,19). The molecule has 2 unspecified atom stereocenters. The molecule has 0 saturated heterocycles. The number of benzene rings is 1. The average Bonchev–Trinajstić information content (AvgIpc) is 2.45. The quantitative estimate of drug-likeness (QED) is 0.558. The van der Waals surface area contributed by atoms with Crippen molar-refractivity contribution in [2.24, 2.45) is 5.73 Å². The lowest BCUT2D eigenvalue weighted by molar-refractivity contribution is -0.118. The second-order valence-electron chi connectivity index (χ2n) is 4.81. The zero-order valence-electron chi connectivity index (χ0n) is 11.9. The summed E-state index contributed by atoms with van der Waals surface area (Å²) in [6, 6.07) is 9.89. The lowest BCUT2D eigenvalue weighted by Crippen LogP contribution is -2.31. The molecule has 112 valence electrons. The second-order valence-corrected chi connectivity index (χ2v) is 4.81. The van der Waals surface area contributed by atoms with Crippen LogP contribution in [0.3, 0.4) is 0 Å². The van der Waals surface area contributed by atoms with Crippen LogP contribution in [-0.4, -0.2) is 36.8 Å². The first-order valence-corrected chi connectivity index (χ1v) is 6.93. The Labute approximate surface area is 120 Å². The van der Waals surface area contributed by atoms with Gasteiger partial charge in [0.15, 0.2) is 0 Å². The molecule has 0 aliphatic carbocycles. The van der Waals surface area contributed by atoms with E-state index in [9.17, 15) is 9.90 Å². The number of rotatable bonds is 10. The van der Waals surface area contributed by atoms with Gasteiger partial charge in [0.1, 0.15) is 0 Å². The van der Waals surface area contributed by atoms with Gasteiger partial charge in [-0.25, -0.2) is 0 Å². The van der Waals surface area contributed by atoms with E-state index in [1.807, 2.05) is 37.3 Å². The lowest BCUT2D eigenvalue weighted by Gasteiger charge is -2.17. The fourth-order valence-electron chi connectivity index (χ4n) is 1.79. The summed E-state index contributed by atoms with van der Waals surface area (Å²) < 4.78 is 5.62.